The molecule has 3 heterocycles. The lowest BCUT2D eigenvalue weighted by Crippen LogP contribution is -2.44. The lowest BCUT2D eigenvalue weighted by Gasteiger charge is -2.28. The highest BCUT2D eigenvalue weighted by Gasteiger charge is 2.52. The number of aliphatic hydroxyl groups excluding tert-OH is 1. The number of fused-ring (bicyclic) bond motifs is 2. The number of aromatic amines is 1. The van der Waals surface area contributed by atoms with Gasteiger partial charge < -0.3 is 19.8 Å². The minimum atomic E-state index is -1.81. The maximum absolute atomic E-state index is 14.1. The number of para-hydroxylation sites is 1. The number of hydrogen-bond acceptors (Lipinski definition) is 7. The van der Waals surface area contributed by atoms with Crippen molar-refractivity contribution in [3.05, 3.63) is 112 Å². The van der Waals surface area contributed by atoms with Gasteiger partial charge in [-0.3, -0.25) is 19.4 Å². The quantitative estimate of drug-likeness (QED) is 0.199. The molecule has 0 saturated carbocycles. The second kappa shape index (κ2) is 11.9. The van der Waals surface area contributed by atoms with Gasteiger partial charge in [-0.1, -0.05) is 48.6 Å². The third-order valence-corrected chi connectivity index (χ3v) is 8.14. The number of aryl methyl sites for hydroxylation is 1. The van der Waals surface area contributed by atoms with Gasteiger partial charge >= 0.3 is 0 Å². The van der Waals surface area contributed by atoms with Gasteiger partial charge in [-0.2, -0.15) is 0 Å². The van der Waals surface area contributed by atoms with Gasteiger partial charge in [-0.25, -0.2) is 4.68 Å². The smallest absolute Gasteiger partial charge is 0.279 e. The molecule has 3 aromatic carbocycles. The number of rotatable bonds is 11. The van der Waals surface area contributed by atoms with E-state index in [2.05, 4.69) is 15.4 Å². The molecule has 0 saturated heterocycles. The minimum absolute atomic E-state index is 0.0154. The Bertz CT molecular complexity index is 1910. The zero-order valence-corrected chi connectivity index (χ0v) is 24.6. The van der Waals surface area contributed by atoms with Crippen molar-refractivity contribution < 1.29 is 19.7 Å². The molecule has 11 heteroatoms. The fraction of sp³-hybridized carbons (Fsp3) is 0.273. The number of nitrogens with zero attached hydrogens (tertiary/aromatic N) is 5. The SMILES string of the molecule is COc1ccc2c(c1)[C@](O)([C@@H](C)/C=C/CCn1cc(CCO)nn1)C(=O)N2Cc1cccc(-n2[nH]c3ccccc3c2=O)c1. The zero-order chi connectivity index (χ0) is 30.8. The van der Waals surface area contributed by atoms with E-state index in [0.29, 0.717) is 47.5 Å². The number of carbonyl (C=O) groups is 1. The monoisotopic (exact) mass is 594 g/mol. The van der Waals surface area contributed by atoms with Crippen LogP contribution in [0.1, 0.15) is 30.2 Å². The van der Waals surface area contributed by atoms with Crippen molar-refractivity contribution in [2.45, 2.75) is 38.5 Å². The van der Waals surface area contributed by atoms with Gasteiger partial charge in [0, 0.05) is 37.3 Å². The lowest BCUT2D eigenvalue weighted by atomic mass is 9.83. The average molecular weight is 595 g/mol. The molecule has 0 spiro atoms. The van der Waals surface area contributed by atoms with Crippen molar-refractivity contribution in [2.24, 2.45) is 5.92 Å². The number of ether oxygens (including phenoxy) is 1. The summed E-state index contributed by atoms with van der Waals surface area (Å²) in [7, 11) is 1.55. The fourth-order valence-electron chi connectivity index (χ4n) is 5.75. The van der Waals surface area contributed by atoms with E-state index in [9.17, 15) is 14.7 Å². The molecule has 0 fully saturated rings. The van der Waals surface area contributed by atoms with Gasteiger partial charge in [0.05, 0.1) is 41.6 Å². The van der Waals surface area contributed by atoms with Gasteiger partial charge in [0.25, 0.3) is 11.5 Å². The van der Waals surface area contributed by atoms with Gasteiger partial charge in [-0.15, -0.1) is 5.10 Å². The molecule has 0 unspecified atom stereocenters. The van der Waals surface area contributed by atoms with Gasteiger partial charge in [0.2, 0.25) is 0 Å². The van der Waals surface area contributed by atoms with Crippen molar-refractivity contribution in [3.8, 4) is 11.4 Å². The number of methoxy groups -OCH3 is 1. The Morgan fingerprint density at radius 1 is 1.09 bits per heavy atom. The van der Waals surface area contributed by atoms with Gasteiger partial charge in [0.1, 0.15) is 5.75 Å². The van der Waals surface area contributed by atoms with Crippen LogP contribution in [-0.4, -0.2) is 54.6 Å². The van der Waals surface area contributed by atoms with Crippen LogP contribution in [0.25, 0.3) is 16.6 Å². The molecule has 0 radical (unpaired) electrons. The van der Waals surface area contributed by atoms with Crippen molar-refractivity contribution in [2.75, 3.05) is 18.6 Å². The first kappa shape index (κ1) is 29.1. The third kappa shape index (κ3) is 5.20. The summed E-state index contributed by atoms with van der Waals surface area (Å²) < 4.78 is 8.64. The van der Waals surface area contributed by atoms with Crippen LogP contribution in [0.15, 0.2) is 89.9 Å². The number of aliphatic hydroxyl groups is 2. The second-order valence-corrected chi connectivity index (χ2v) is 11.0. The Balaban J connectivity index is 1.25. The number of nitrogens with one attached hydrogen (secondary N) is 1. The first-order valence-corrected chi connectivity index (χ1v) is 14.5. The van der Waals surface area contributed by atoms with E-state index in [4.69, 9.17) is 9.84 Å². The molecule has 2 atom stereocenters. The van der Waals surface area contributed by atoms with Crippen molar-refractivity contribution in [1.29, 1.82) is 0 Å². The molecule has 226 valence electrons. The fourth-order valence-corrected chi connectivity index (χ4v) is 5.75. The summed E-state index contributed by atoms with van der Waals surface area (Å²) in [5.41, 5.74) is 2.01. The predicted octanol–water partition coefficient (Wildman–Crippen LogP) is 3.47. The Hall–Kier alpha value is -5.00. The van der Waals surface area contributed by atoms with Gasteiger partial charge in [-0.05, 0) is 54.4 Å². The second-order valence-electron chi connectivity index (χ2n) is 11.0. The summed E-state index contributed by atoms with van der Waals surface area (Å²) >= 11 is 0. The number of hydrogen-bond donors (Lipinski definition) is 3. The molecule has 11 nitrogen and oxygen atoms in total. The van der Waals surface area contributed by atoms with Crippen LogP contribution in [0.5, 0.6) is 5.75 Å². The summed E-state index contributed by atoms with van der Waals surface area (Å²) in [5.74, 6) is -0.447. The summed E-state index contributed by atoms with van der Waals surface area (Å²) in [6.45, 7) is 2.60. The number of aromatic nitrogens is 5. The standard InChI is InChI=1S/C33H34N6O5/c1-22(8-5-6-16-37-21-24(15-17-40)34-36-37)33(43)28-19-26(44-2)13-14-30(28)38(32(33)42)20-23-9-7-10-25(18-23)39-31(41)27-11-3-4-12-29(27)35-39/h3-5,7-14,18-19,21-22,35,40,43H,6,15-17,20H2,1-2H3/b8-5+/t22-,33+/m0/s1. The van der Waals surface area contributed by atoms with Crippen molar-refractivity contribution in [1.82, 2.24) is 24.8 Å². The first-order valence-electron chi connectivity index (χ1n) is 14.5. The number of benzene rings is 3. The molecular weight excluding hydrogens is 560 g/mol. The summed E-state index contributed by atoms with van der Waals surface area (Å²) in [6.07, 6.45) is 6.64. The highest BCUT2D eigenvalue weighted by molar-refractivity contribution is 6.07. The third-order valence-electron chi connectivity index (χ3n) is 8.14. The van der Waals surface area contributed by atoms with E-state index in [1.807, 2.05) is 61.5 Å². The number of allylic oxidation sites excluding steroid dienone is 1. The largest absolute Gasteiger partial charge is 0.497 e. The maximum atomic E-state index is 14.1. The van der Waals surface area contributed by atoms with E-state index >= 15 is 0 Å². The number of carbonyl (C=O) groups excluding carboxylic acids is 1. The van der Waals surface area contributed by atoms with Crippen LogP contribution in [0.2, 0.25) is 0 Å². The van der Waals surface area contributed by atoms with Crippen LogP contribution in [0.3, 0.4) is 0 Å². The topological polar surface area (TPSA) is 138 Å². The normalized spacial score (nSPS) is 17.1. The number of anilines is 1. The van der Waals surface area contributed by atoms with Crippen molar-refractivity contribution >= 4 is 22.5 Å². The number of amides is 1. The zero-order valence-electron chi connectivity index (χ0n) is 24.6. The molecule has 1 amide bonds. The molecule has 0 bridgehead atoms. The molecule has 44 heavy (non-hydrogen) atoms. The Labute approximate surface area is 253 Å². The van der Waals surface area contributed by atoms with Crippen LogP contribution in [0, 0.1) is 5.92 Å². The van der Waals surface area contributed by atoms with Crippen molar-refractivity contribution in [3.63, 3.8) is 0 Å². The van der Waals surface area contributed by atoms with E-state index in [0.717, 1.165) is 16.8 Å². The average Bonchev–Trinajstić information content (AvgIpc) is 3.70. The predicted molar refractivity (Wildman–Crippen MR) is 166 cm³/mol. The van der Waals surface area contributed by atoms with E-state index in [1.165, 1.54) is 4.68 Å². The highest BCUT2D eigenvalue weighted by atomic mass is 16.5. The Kier molecular flexibility index (Phi) is 7.90. The van der Waals surface area contributed by atoms with E-state index in [-0.39, 0.29) is 18.7 Å². The minimum Gasteiger partial charge on any atom is -0.497 e. The molecule has 5 aromatic rings. The molecule has 6 rings (SSSR count). The van der Waals surface area contributed by atoms with Crippen LogP contribution in [-0.2, 0) is 29.9 Å². The first-order chi connectivity index (χ1) is 21.3. The molecule has 0 aliphatic carbocycles. The lowest BCUT2D eigenvalue weighted by molar-refractivity contribution is -0.139. The summed E-state index contributed by atoms with van der Waals surface area (Å²) in [5, 5.41) is 33.0. The van der Waals surface area contributed by atoms with Crippen LogP contribution in [0.4, 0.5) is 5.69 Å². The molecule has 1 aliphatic rings. The Morgan fingerprint density at radius 3 is 2.73 bits per heavy atom. The molecular formula is C33H34N6O5. The van der Waals surface area contributed by atoms with E-state index < -0.39 is 17.4 Å². The highest BCUT2D eigenvalue weighted by Crippen LogP contribution is 2.47. The Morgan fingerprint density at radius 2 is 1.93 bits per heavy atom. The van der Waals surface area contributed by atoms with Crippen LogP contribution < -0.4 is 15.2 Å². The van der Waals surface area contributed by atoms with E-state index in [1.54, 1.807) is 47.2 Å². The van der Waals surface area contributed by atoms with Gasteiger partial charge in [0.15, 0.2) is 5.60 Å². The molecule has 2 aromatic heterocycles. The molecule has 3 N–H and O–H groups in total. The number of H-pyrrole nitrogens is 1. The maximum Gasteiger partial charge on any atom is 0.279 e. The molecule has 1 aliphatic heterocycles. The van der Waals surface area contributed by atoms with Crippen LogP contribution >= 0.6 is 0 Å². The summed E-state index contributed by atoms with van der Waals surface area (Å²) in [4.78, 5) is 28.7. The summed E-state index contributed by atoms with van der Waals surface area (Å²) in [6, 6.07) is 20.1.